The first-order valence-electron chi connectivity index (χ1n) is 13.4. The average Bonchev–Trinajstić information content (AvgIpc) is 3.45. The molecule has 3 amide bonds. The largest absolute Gasteiger partial charge is 0.357 e. The predicted octanol–water partition coefficient (Wildman–Crippen LogP) is 4.79. The summed E-state index contributed by atoms with van der Waals surface area (Å²) in [7, 11) is 4.76. The Labute approximate surface area is 235 Å². The highest BCUT2D eigenvalue weighted by Gasteiger charge is 2.36. The fourth-order valence-electron chi connectivity index (χ4n) is 4.93. The highest BCUT2D eigenvalue weighted by molar-refractivity contribution is 7.09. The molecule has 1 heterocycles. The number of benzene rings is 2. The zero-order valence-electron chi connectivity index (χ0n) is 23.7. The minimum atomic E-state index is -0.884. The molecular weight excluding hydrogens is 508 g/mol. The summed E-state index contributed by atoms with van der Waals surface area (Å²) in [6, 6.07) is 16.2. The van der Waals surface area contributed by atoms with Crippen molar-refractivity contribution < 1.29 is 14.4 Å². The van der Waals surface area contributed by atoms with Crippen LogP contribution in [0, 0.1) is 17.2 Å². The maximum atomic E-state index is 14.1. The van der Waals surface area contributed by atoms with E-state index in [2.05, 4.69) is 19.2 Å². The van der Waals surface area contributed by atoms with Gasteiger partial charge in [0.2, 0.25) is 11.8 Å². The van der Waals surface area contributed by atoms with Crippen molar-refractivity contribution in [3.05, 3.63) is 70.4 Å². The SMILES string of the molecule is CNC(=O)[C@@H](Cc1cccs1)N(C)C(=O)[C@@H](Cc1ccc2ccccc2c1)N(C)C(=O)C(=N)C(C)CC(C)C. The van der Waals surface area contributed by atoms with Gasteiger partial charge in [-0.3, -0.25) is 19.8 Å². The van der Waals surface area contributed by atoms with Crippen molar-refractivity contribution in [3.8, 4) is 0 Å². The molecule has 2 N–H and O–H groups in total. The van der Waals surface area contributed by atoms with E-state index in [0.29, 0.717) is 18.8 Å². The summed E-state index contributed by atoms with van der Waals surface area (Å²) in [6.45, 7) is 6.00. The minimum Gasteiger partial charge on any atom is -0.357 e. The normalized spacial score (nSPS) is 13.5. The molecule has 39 heavy (non-hydrogen) atoms. The average molecular weight is 549 g/mol. The van der Waals surface area contributed by atoms with E-state index in [4.69, 9.17) is 5.41 Å². The molecule has 0 aliphatic carbocycles. The van der Waals surface area contributed by atoms with Crippen LogP contribution >= 0.6 is 11.3 Å². The highest BCUT2D eigenvalue weighted by atomic mass is 32.1. The maximum absolute atomic E-state index is 14.1. The molecule has 3 aromatic rings. The Hall–Kier alpha value is -3.52. The number of amides is 3. The van der Waals surface area contributed by atoms with E-state index in [1.165, 1.54) is 21.1 Å². The molecule has 3 rings (SSSR count). The first kappa shape index (κ1) is 30.0. The molecule has 0 radical (unpaired) electrons. The van der Waals surface area contributed by atoms with Gasteiger partial charge in [-0.1, -0.05) is 69.3 Å². The fourth-order valence-corrected chi connectivity index (χ4v) is 5.67. The molecule has 7 nitrogen and oxygen atoms in total. The van der Waals surface area contributed by atoms with Gasteiger partial charge < -0.3 is 15.1 Å². The molecule has 0 bridgehead atoms. The van der Waals surface area contributed by atoms with E-state index < -0.39 is 18.0 Å². The van der Waals surface area contributed by atoms with E-state index >= 15 is 0 Å². The Kier molecular flexibility index (Phi) is 10.4. The van der Waals surface area contributed by atoms with Crippen LogP contribution in [0.1, 0.15) is 37.6 Å². The number of thiophene rings is 1. The fraction of sp³-hybridized carbons (Fsp3) is 0.419. The molecular formula is C31H40N4O3S. The molecule has 0 saturated heterocycles. The molecule has 1 unspecified atom stereocenters. The number of nitrogens with one attached hydrogen (secondary N) is 2. The van der Waals surface area contributed by atoms with Gasteiger partial charge in [-0.25, -0.2) is 0 Å². The second kappa shape index (κ2) is 13.5. The second-order valence-corrected chi connectivity index (χ2v) is 11.7. The van der Waals surface area contributed by atoms with E-state index in [0.717, 1.165) is 21.2 Å². The zero-order valence-corrected chi connectivity index (χ0v) is 24.5. The number of nitrogens with zero attached hydrogens (tertiary/aromatic N) is 2. The lowest BCUT2D eigenvalue weighted by Gasteiger charge is -2.35. The van der Waals surface area contributed by atoms with Crippen molar-refractivity contribution in [2.45, 2.75) is 52.1 Å². The standard InChI is InChI=1S/C31H40N4O3S/c1-20(2)16-21(3)28(32)31(38)35(6)27(18-22-13-14-23-10-7-8-11-24(23)17-22)30(37)34(5)26(29(36)33-4)19-25-12-9-15-39-25/h7-15,17,20-21,26-27,32H,16,18-19H2,1-6H3,(H,33,36)/t21?,26-,27-/m1/s1. The van der Waals surface area contributed by atoms with Crippen LogP contribution < -0.4 is 5.32 Å². The molecule has 0 spiro atoms. The Balaban J connectivity index is 1.95. The number of fused-ring (bicyclic) bond motifs is 1. The summed E-state index contributed by atoms with van der Waals surface area (Å²) < 4.78 is 0. The van der Waals surface area contributed by atoms with Crippen LogP contribution in [0.5, 0.6) is 0 Å². The monoisotopic (exact) mass is 548 g/mol. The number of carbonyl (C=O) groups excluding carboxylic acids is 3. The summed E-state index contributed by atoms with van der Waals surface area (Å²) in [4.78, 5) is 44.3. The summed E-state index contributed by atoms with van der Waals surface area (Å²) in [5.41, 5.74) is 0.892. The van der Waals surface area contributed by atoms with E-state index in [9.17, 15) is 14.4 Å². The lowest BCUT2D eigenvalue weighted by atomic mass is 9.93. The Morgan fingerprint density at radius 1 is 0.897 bits per heavy atom. The van der Waals surface area contributed by atoms with E-state index in [1.54, 1.807) is 21.1 Å². The van der Waals surface area contributed by atoms with Gasteiger partial charge in [0.05, 0.1) is 5.71 Å². The number of carbonyl (C=O) groups is 3. The van der Waals surface area contributed by atoms with Crippen LogP contribution in [-0.4, -0.2) is 66.5 Å². The smallest absolute Gasteiger partial charge is 0.268 e. The van der Waals surface area contributed by atoms with Crippen molar-refractivity contribution in [1.29, 1.82) is 5.41 Å². The number of likely N-dealkylation sites (N-methyl/N-ethyl adjacent to an activating group) is 3. The second-order valence-electron chi connectivity index (χ2n) is 10.6. The molecule has 208 valence electrons. The number of hydrogen-bond acceptors (Lipinski definition) is 5. The van der Waals surface area contributed by atoms with Crippen LogP contribution in [0.25, 0.3) is 10.8 Å². The summed E-state index contributed by atoms with van der Waals surface area (Å²) >= 11 is 1.53. The third-order valence-electron chi connectivity index (χ3n) is 7.20. The van der Waals surface area contributed by atoms with Crippen LogP contribution in [0.3, 0.4) is 0 Å². The third-order valence-corrected chi connectivity index (χ3v) is 8.10. The van der Waals surface area contributed by atoms with Crippen molar-refractivity contribution in [3.63, 3.8) is 0 Å². The van der Waals surface area contributed by atoms with Gasteiger partial charge >= 0.3 is 0 Å². The van der Waals surface area contributed by atoms with Gasteiger partial charge in [0, 0.05) is 44.8 Å². The zero-order chi connectivity index (χ0) is 28.7. The van der Waals surface area contributed by atoms with Crippen LogP contribution in [0.2, 0.25) is 0 Å². The topological polar surface area (TPSA) is 93.6 Å². The predicted molar refractivity (Wildman–Crippen MR) is 159 cm³/mol. The van der Waals surface area contributed by atoms with Gasteiger partial charge in [0.1, 0.15) is 12.1 Å². The summed E-state index contributed by atoms with van der Waals surface area (Å²) in [6.07, 6.45) is 1.35. The quantitative estimate of drug-likeness (QED) is 0.319. The van der Waals surface area contributed by atoms with Crippen molar-refractivity contribution in [2.75, 3.05) is 21.1 Å². The molecule has 2 aromatic carbocycles. The molecule has 8 heteroatoms. The van der Waals surface area contributed by atoms with Gasteiger partial charge in [0.25, 0.3) is 5.91 Å². The molecule has 0 aliphatic rings. The van der Waals surface area contributed by atoms with Crippen molar-refractivity contribution in [1.82, 2.24) is 15.1 Å². The van der Waals surface area contributed by atoms with Gasteiger partial charge in [-0.05, 0) is 40.1 Å². The summed E-state index contributed by atoms with van der Waals surface area (Å²) in [5, 5.41) is 15.3. The lowest BCUT2D eigenvalue weighted by Crippen LogP contribution is -2.56. The van der Waals surface area contributed by atoms with Crippen molar-refractivity contribution in [2.24, 2.45) is 11.8 Å². The minimum absolute atomic E-state index is 0.00778. The molecule has 0 saturated carbocycles. The first-order chi connectivity index (χ1) is 18.5. The van der Waals surface area contributed by atoms with Gasteiger partial charge in [-0.15, -0.1) is 11.3 Å². The van der Waals surface area contributed by atoms with Crippen molar-refractivity contribution >= 4 is 45.5 Å². The first-order valence-corrected chi connectivity index (χ1v) is 14.2. The van der Waals surface area contributed by atoms with Crippen LogP contribution in [0.4, 0.5) is 0 Å². The molecule has 0 fully saturated rings. The Morgan fingerprint density at radius 2 is 1.59 bits per heavy atom. The highest BCUT2D eigenvalue weighted by Crippen LogP contribution is 2.22. The van der Waals surface area contributed by atoms with E-state index in [1.807, 2.05) is 66.9 Å². The number of rotatable bonds is 12. The molecule has 1 aromatic heterocycles. The van der Waals surface area contributed by atoms with Gasteiger partial charge in [0.15, 0.2) is 0 Å². The van der Waals surface area contributed by atoms with E-state index in [-0.39, 0.29) is 29.9 Å². The Morgan fingerprint density at radius 3 is 2.21 bits per heavy atom. The molecule has 0 aliphatic heterocycles. The molecule has 3 atom stereocenters. The van der Waals surface area contributed by atoms with Crippen LogP contribution in [0.15, 0.2) is 60.0 Å². The maximum Gasteiger partial charge on any atom is 0.268 e. The van der Waals surface area contributed by atoms with Gasteiger partial charge in [-0.2, -0.15) is 0 Å². The lowest BCUT2D eigenvalue weighted by molar-refractivity contribution is -0.145. The van der Waals surface area contributed by atoms with Crippen LogP contribution in [-0.2, 0) is 27.2 Å². The third kappa shape index (κ3) is 7.53. The number of hydrogen-bond donors (Lipinski definition) is 2. The summed E-state index contributed by atoms with van der Waals surface area (Å²) in [5.74, 6) is -0.966. The Bertz CT molecular complexity index is 1300.